The summed E-state index contributed by atoms with van der Waals surface area (Å²) in [6, 6.07) is 19.1. The Morgan fingerprint density at radius 2 is 1.83 bits per heavy atom. The summed E-state index contributed by atoms with van der Waals surface area (Å²) in [5.41, 5.74) is 2.74. The van der Waals surface area contributed by atoms with Crippen molar-refractivity contribution in [3.63, 3.8) is 0 Å². The number of ether oxygens (including phenoxy) is 1. The van der Waals surface area contributed by atoms with Crippen LogP contribution < -0.4 is 5.32 Å². The number of nitriles is 1. The van der Waals surface area contributed by atoms with Crippen molar-refractivity contribution in [2.75, 3.05) is 6.54 Å². The fraction of sp³-hybridized carbons (Fsp3) is 0.263. The molecular formula is C19H20N2O2. The van der Waals surface area contributed by atoms with Gasteiger partial charge in [-0.2, -0.15) is 5.26 Å². The topological polar surface area (TPSA) is 62.1 Å². The Kier molecular flexibility index (Phi) is 6.34. The molecule has 0 saturated carbocycles. The average Bonchev–Trinajstić information content (AvgIpc) is 2.56. The van der Waals surface area contributed by atoms with Crippen LogP contribution in [-0.4, -0.2) is 18.7 Å². The summed E-state index contributed by atoms with van der Waals surface area (Å²) < 4.78 is 5.34. The first-order valence-electron chi connectivity index (χ1n) is 7.63. The van der Waals surface area contributed by atoms with Crippen LogP contribution in [0.5, 0.6) is 0 Å². The zero-order chi connectivity index (χ0) is 16.5. The third-order valence-electron chi connectivity index (χ3n) is 3.43. The first-order valence-corrected chi connectivity index (χ1v) is 7.63. The van der Waals surface area contributed by atoms with Gasteiger partial charge in [-0.3, -0.25) is 10.1 Å². The zero-order valence-electron chi connectivity index (χ0n) is 13.2. The number of benzene rings is 2. The molecule has 0 aromatic heterocycles. The molecule has 0 aliphatic carbocycles. The molecule has 4 nitrogen and oxygen atoms in total. The van der Waals surface area contributed by atoms with Gasteiger partial charge in [-0.25, -0.2) is 0 Å². The molecule has 0 spiro atoms. The first kappa shape index (κ1) is 16.7. The first-order chi connectivity index (χ1) is 11.2. The highest BCUT2D eigenvalue weighted by Gasteiger charge is 2.09. The van der Waals surface area contributed by atoms with Crippen molar-refractivity contribution in [3.05, 3.63) is 71.3 Å². The summed E-state index contributed by atoms with van der Waals surface area (Å²) in [7, 11) is 0. The third-order valence-corrected chi connectivity index (χ3v) is 3.43. The highest BCUT2D eigenvalue weighted by atomic mass is 16.6. The number of nitrogens with one attached hydrogen (secondary N) is 1. The summed E-state index contributed by atoms with van der Waals surface area (Å²) >= 11 is 0. The van der Waals surface area contributed by atoms with E-state index in [1.807, 2.05) is 49.4 Å². The van der Waals surface area contributed by atoms with Gasteiger partial charge in [0.2, 0.25) is 0 Å². The van der Waals surface area contributed by atoms with Crippen molar-refractivity contribution in [2.45, 2.75) is 26.0 Å². The summed E-state index contributed by atoms with van der Waals surface area (Å²) in [6.07, 6.45) is 0.763. The van der Waals surface area contributed by atoms with Gasteiger partial charge in [0.05, 0.1) is 18.1 Å². The molecule has 2 rings (SSSR count). The maximum absolute atomic E-state index is 11.8. The molecule has 0 aliphatic rings. The van der Waals surface area contributed by atoms with Crippen molar-refractivity contribution in [1.29, 1.82) is 5.26 Å². The van der Waals surface area contributed by atoms with E-state index >= 15 is 0 Å². The molecule has 0 bridgehead atoms. The van der Waals surface area contributed by atoms with Gasteiger partial charge in [-0.15, -0.1) is 0 Å². The fourth-order valence-electron chi connectivity index (χ4n) is 2.21. The van der Waals surface area contributed by atoms with E-state index in [4.69, 9.17) is 10.00 Å². The summed E-state index contributed by atoms with van der Waals surface area (Å²) in [6.45, 7) is 2.52. The molecule has 0 saturated heterocycles. The average molecular weight is 308 g/mol. The van der Waals surface area contributed by atoms with Crippen molar-refractivity contribution < 1.29 is 9.53 Å². The molecular weight excluding hydrogens is 288 g/mol. The van der Waals surface area contributed by atoms with Crippen molar-refractivity contribution in [1.82, 2.24) is 5.32 Å². The van der Waals surface area contributed by atoms with E-state index in [0.717, 1.165) is 17.5 Å². The Morgan fingerprint density at radius 3 is 2.48 bits per heavy atom. The Morgan fingerprint density at radius 1 is 1.13 bits per heavy atom. The monoisotopic (exact) mass is 308 g/mol. The highest BCUT2D eigenvalue weighted by molar-refractivity contribution is 5.72. The summed E-state index contributed by atoms with van der Waals surface area (Å²) in [5, 5.41) is 11.9. The molecule has 1 atom stereocenters. The minimum atomic E-state index is -0.329. The Bertz CT molecular complexity index is 660. The molecule has 0 heterocycles. The second-order valence-electron chi connectivity index (χ2n) is 5.31. The van der Waals surface area contributed by atoms with Crippen LogP contribution in [0.15, 0.2) is 54.6 Å². The minimum Gasteiger partial charge on any atom is -0.447 e. The molecule has 2 aromatic carbocycles. The molecule has 23 heavy (non-hydrogen) atoms. The normalized spacial score (nSPS) is 11.5. The molecule has 0 aliphatic heterocycles. The molecule has 1 N–H and O–H groups in total. The fourth-order valence-corrected chi connectivity index (χ4v) is 2.21. The molecule has 4 heteroatoms. The predicted molar refractivity (Wildman–Crippen MR) is 88.6 cm³/mol. The van der Waals surface area contributed by atoms with Gasteiger partial charge >= 0.3 is 5.97 Å². The van der Waals surface area contributed by atoms with Crippen LogP contribution >= 0.6 is 0 Å². The number of hydrogen-bond acceptors (Lipinski definition) is 4. The zero-order valence-corrected chi connectivity index (χ0v) is 13.2. The second-order valence-corrected chi connectivity index (χ2v) is 5.31. The van der Waals surface area contributed by atoms with Crippen LogP contribution in [-0.2, 0) is 22.4 Å². The molecule has 1 unspecified atom stereocenters. The van der Waals surface area contributed by atoms with E-state index in [1.54, 1.807) is 12.1 Å². The van der Waals surface area contributed by atoms with E-state index < -0.39 is 0 Å². The third kappa shape index (κ3) is 5.93. The minimum absolute atomic E-state index is 0.241. The van der Waals surface area contributed by atoms with Crippen molar-refractivity contribution >= 4 is 5.97 Å². The number of hydrogen-bond donors (Lipinski definition) is 1. The van der Waals surface area contributed by atoms with Gasteiger partial charge in [-0.1, -0.05) is 42.5 Å². The van der Waals surface area contributed by atoms with Gasteiger partial charge < -0.3 is 4.74 Å². The highest BCUT2D eigenvalue weighted by Crippen LogP contribution is 2.04. The number of carbonyl (C=O) groups excluding carboxylic acids is 1. The van der Waals surface area contributed by atoms with Gasteiger partial charge in [0.25, 0.3) is 0 Å². The van der Waals surface area contributed by atoms with Gasteiger partial charge in [0.15, 0.2) is 6.23 Å². The van der Waals surface area contributed by atoms with Gasteiger partial charge in [0.1, 0.15) is 0 Å². The standard InChI is InChI=1S/C19H20N2O2/c1-15(23-19(22)13-17-5-3-2-4-6-17)21-12-11-16-7-9-18(14-20)10-8-16/h2-10,15,21H,11-13H2,1H3. The predicted octanol–water partition coefficient (Wildman–Crippen LogP) is 2.82. The van der Waals surface area contributed by atoms with Crippen LogP contribution in [0.4, 0.5) is 0 Å². The smallest absolute Gasteiger partial charge is 0.311 e. The maximum atomic E-state index is 11.8. The molecule has 2 aromatic rings. The van der Waals surface area contributed by atoms with Gasteiger partial charge in [-0.05, 0) is 36.6 Å². The Hall–Kier alpha value is -2.64. The van der Waals surface area contributed by atoms with Crippen LogP contribution in [0.25, 0.3) is 0 Å². The second kappa shape index (κ2) is 8.72. The lowest BCUT2D eigenvalue weighted by Gasteiger charge is -2.15. The number of esters is 1. The van der Waals surface area contributed by atoms with E-state index in [9.17, 15) is 4.79 Å². The Labute approximate surface area is 136 Å². The van der Waals surface area contributed by atoms with E-state index in [2.05, 4.69) is 11.4 Å². The molecule has 118 valence electrons. The van der Waals surface area contributed by atoms with E-state index in [0.29, 0.717) is 12.1 Å². The van der Waals surface area contributed by atoms with Crippen LogP contribution in [0.2, 0.25) is 0 Å². The Balaban J connectivity index is 1.69. The summed E-state index contributed by atoms with van der Waals surface area (Å²) in [5.74, 6) is -0.241. The lowest BCUT2D eigenvalue weighted by Crippen LogP contribution is -2.33. The summed E-state index contributed by atoms with van der Waals surface area (Å²) in [4.78, 5) is 11.8. The lowest BCUT2D eigenvalue weighted by atomic mass is 10.1. The maximum Gasteiger partial charge on any atom is 0.311 e. The number of nitrogens with zero attached hydrogens (tertiary/aromatic N) is 1. The SMILES string of the molecule is CC(NCCc1ccc(C#N)cc1)OC(=O)Cc1ccccc1. The molecule has 0 amide bonds. The largest absolute Gasteiger partial charge is 0.447 e. The quantitative estimate of drug-likeness (QED) is 0.631. The molecule has 0 fully saturated rings. The lowest BCUT2D eigenvalue weighted by molar-refractivity contribution is -0.148. The van der Waals surface area contributed by atoms with Crippen LogP contribution in [0.1, 0.15) is 23.6 Å². The van der Waals surface area contributed by atoms with E-state index in [-0.39, 0.29) is 18.6 Å². The van der Waals surface area contributed by atoms with Crippen LogP contribution in [0, 0.1) is 11.3 Å². The number of rotatable bonds is 7. The van der Waals surface area contributed by atoms with E-state index in [1.165, 1.54) is 0 Å². The van der Waals surface area contributed by atoms with Crippen molar-refractivity contribution in [3.8, 4) is 6.07 Å². The van der Waals surface area contributed by atoms with Crippen LogP contribution in [0.3, 0.4) is 0 Å². The number of carbonyl (C=O) groups is 1. The van der Waals surface area contributed by atoms with Gasteiger partial charge in [0, 0.05) is 6.54 Å². The van der Waals surface area contributed by atoms with Crippen molar-refractivity contribution in [2.24, 2.45) is 0 Å². The molecule has 0 radical (unpaired) electrons.